The summed E-state index contributed by atoms with van der Waals surface area (Å²) >= 11 is 0. The molecule has 0 aromatic carbocycles. The molecule has 0 bridgehead atoms. The first-order valence-electron chi connectivity index (χ1n) is 7.11. The van der Waals surface area contributed by atoms with Crippen LogP contribution in [0.15, 0.2) is 0 Å². The number of hydrogen-bond donors (Lipinski definition) is 1. The summed E-state index contributed by atoms with van der Waals surface area (Å²) in [6, 6.07) is 0.453. The van der Waals surface area contributed by atoms with Crippen molar-refractivity contribution >= 4 is 0 Å². The highest BCUT2D eigenvalue weighted by Gasteiger charge is 2.26. The predicted octanol–water partition coefficient (Wildman–Crippen LogP) is 1.93. The topological polar surface area (TPSA) is 39.1 Å². The Balaban J connectivity index is 1.89. The van der Waals surface area contributed by atoms with Crippen molar-refractivity contribution in [2.75, 3.05) is 26.3 Å². The zero-order valence-electron chi connectivity index (χ0n) is 11.4. The predicted molar refractivity (Wildman–Crippen MR) is 71.0 cm³/mol. The average molecular weight is 249 g/mol. The van der Waals surface area contributed by atoms with Gasteiger partial charge in [0.1, 0.15) is 0 Å². The van der Waals surface area contributed by atoms with E-state index in [2.05, 4.69) is 23.8 Å². The second-order valence-corrected chi connectivity index (χ2v) is 5.59. The molecule has 4 nitrogen and oxygen atoms in total. The maximum atomic E-state index is 5.49. The van der Waals surface area contributed by atoms with Gasteiger partial charge in [0, 0.05) is 30.3 Å². The van der Waals surface area contributed by atoms with Crippen LogP contribution in [-0.2, 0) is 4.74 Å². The zero-order valence-corrected chi connectivity index (χ0v) is 11.4. The van der Waals surface area contributed by atoms with Crippen LogP contribution in [0.2, 0.25) is 0 Å². The van der Waals surface area contributed by atoms with Crippen LogP contribution in [0.5, 0.6) is 0 Å². The quantitative estimate of drug-likeness (QED) is 0.870. The third kappa shape index (κ3) is 2.08. The zero-order chi connectivity index (χ0) is 12.5. The van der Waals surface area contributed by atoms with Crippen molar-refractivity contribution in [3.8, 4) is 0 Å². The van der Waals surface area contributed by atoms with E-state index in [1.807, 2.05) is 0 Å². The number of ether oxygens (including phenoxy) is 1. The van der Waals surface area contributed by atoms with E-state index in [9.17, 15) is 0 Å². The molecule has 3 rings (SSSR count). The van der Waals surface area contributed by atoms with E-state index in [1.54, 1.807) is 0 Å². The summed E-state index contributed by atoms with van der Waals surface area (Å²) in [5.41, 5.74) is 4.05. The van der Waals surface area contributed by atoms with Gasteiger partial charge in [-0.15, -0.1) is 0 Å². The van der Waals surface area contributed by atoms with E-state index in [4.69, 9.17) is 9.84 Å². The molecule has 0 radical (unpaired) electrons. The first kappa shape index (κ1) is 12.2. The lowest BCUT2D eigenvalue weighted by atomic mass is 9.90. The van der Waals surface area contributed by atoms with E-state index < -0.39 is 0 Å². The number of aromatic nitrogens is 2. The fourth-order valence-corrected chi connectivity index (χ4v) is 3.44. The van der Waals surface area contributed by atoms with Gasteiger partial charge in [0.2, 0.25) is 0 Å². The molecule has 18 heavy (non-hydrogen) atoms. The number of aryl methyl sites for hydroxylation is 1. The third-order valence-corrected chi connectivity index (χ3v) is 4.34. The first-order valence-corrected chi connectivity index (χ1v) is 7.11. The van der Waals surface area contributed by atoms with E-state index in [-0.39, 0.29) is 0 Å². The first-order chi connectivity index (χ1) is 8.77. The van der Waals surface area contributed by atoms with E-state index in [0.29, 0.717) is 12.0 Å². The second kappa shape index (κ2) is 5.02. The van der Waals surface area contributed by atoms with E-state index in [0.717, 1.165) is 26.2 Å². The van der Waals surface area contributed by atoms with Crippen LogP contribution in [0.4, 0.5) is 0 Å². The van der Waals surface area contributed by atoms with Crippen LogP contribution in [-0.4, -0.2) is 36.1 Å². The van der Waals surface area contributed by atoms with Gasteiger partial charge in [0.15, 0.2) is 0 Å². The summed E-state index contributed by atoms with van der Waals surface area (Å²) in [7, 11) is 0. The molecule has 0 spiro atoms. The number of piperidine rings is 1. The molecule has 100 valence electrons. The molecule has 3 heterocycles. The molecule has 4 heteroatoms. The summed E-state index contributed by atoms with van der Waals surface area (Å²) < 4.78 is 7.70. The molecule has 2 aliphatic heterocycles. The normalized spacial score (nSPS) is 28.8. The van der Waals surface area contributed by atoms with Gasteiger partial charge in [0.25, 0.3) is 0 Å². The Bertz CT molecular complexity index is 415. The fourth-order valence-electron chi connectivity index (χ4n) is 3.44. The smallest absolute Gasteiger partial charge is 0.0777 e. The minimum absolute atomic E-state index is 0.453. The second-order valence-electron chi connectivity index (χ2n) is 5.59. The largest absolute Gasteiger partial charge is 0.379 e. The number of nitrogens with one attached hydrogen (secondary N) is 1. The highest BCUT2D eigenvalue weighted by molar-refractivity contribution is 5.30. The summed E-state index contributed by atoms with van der Waals surface area (Å²) in [6.07, 6.45) is 3.67. The molecule has 2 aliphatic rings. The molecule has 2 atom stereocenters. The maximum absolute atomic E-state index is 5.49. The molecule has 0 saturated carbocycles. The van der Waals surface area contributed by atoms with Crippen LogP contribution in [0.25, 0.3) is 0 Å². The van der Waals surface area contributed by atoms with Gasteiger partial charge >= 0.3 is 0 Å². The van der Waals surface area contributed by atoms with Crippen molar-refractivity contribution in [3.05, 3.63) is 17.0 Å². The molecular weight excluding hydrogens is 226 g/mol. The highest BCUT2D eigenvalue weighted by atomic mass is 16.5. The van der Waals surface area contributed by atoms with Crippen LogP contribution < -0.4 is 5.32 Å². The number of nitrogens with zero attached hydrogens (tertiary/aromatic N) is 2. The van der Waals surface area contributed by atoms with Crippen molar-refractivity contribution in [2.45, 2.75) is 45.1 Å². The van der Waals surface area contributed by atoms with Crippen molar-refractivity contribution < 1.29 is 4.74 Å². The Hall–Kier alpha value is -0.870. The molecule has 0 amide bonds. The molecule has 0 aliphatic carbocycles. The van der Waals surface area contributed by atoms with Crippen LogP contribution in [0.3, 0.4) is 0 Å². The average Bonchev–Trinajstić information content (AvgIpc) is 2.99. The van der Waals surface area contributed by atoms with Crippen LogP contribution in [0, 0.1) is 13.8 Å². The van der Waals surface area contributed by atoms with Gasteiger partial charge in [-0.05, 0) is 39.7 Å². The van der Waals surface area contributed by atoms with Crippen LogP contribution in [0.1, 0.15) is 48.2 Å². The lowest BCUT2D eigenvalue weighted by Gasteiger charge is -2.23. The van der Waals surface area contributed by atoms with Crippen LogP contribution >= 0.6 is 0 Å². The van der Waals surface area contributed by atoms with Crippen molar-refractivity contribution in [1.82, 2.24) is 15.1 Å². The van der Waals surface area contributed by atoms with Crippen molar-refractivity contribution in [1.29, 1.82) is 0 Å². The summed E-state index contributed by atoms with van der Waals surface area (Å²) in [6.45, 7) is 8.35. The SMILES string of the molecule is Cc1nn(C2CCOC2)c(C)c1C1CCCNC1. The summed E-state index contributed by atoms with van der Waals surface area (Å²) in [5, 5.41) is 8.28. The standard InChI is InChI=1S/C14H23N3O/c1-10-14(12-4-3-6-15-8-12)11(2)17(16-10)13-5-7-18-9-13/h12-13,15H,3-9H2,1-2H3. The molecule has 1 aromatic heterocycles. The number of hydrogen-bond acceptors (Lipinski definition) is 3. The van der Waals surface area contributed by atoms with Crippen molar-refractivity contribution in [2.24, 2.45) is 0 Å². The minimum Gasteiger partial charge on any atom is -0.379 e. The monoisotopic (exact) mass is 249 g/mol. The Labute approximate surface area is 109 Å². The fraction of sp³-hybridized carbons (Fsp3) is 0.786. The molecule has 1 N–H and O–H groups in total. The van der Waals surface area contributed by atoms with Gasteiger partial charge in [-0.3, -0.25) is 4.68 Å². The minimum atomic E-state index is 0.453. The Morgan fingerprint density at radius 2 is 2.22 bits per heavy atom. The lowest BCUT2D eigenvalue weighted by Crippen LogP contribution is -2.29. The third-order valence-electron chi connectivity index (χ3n) is 4.34. The van der Waals surface area contributed by atoms with Gasteiger partial charge < -0.3 is 10.1 Å². The summed E-state index contributed by atoms with van der Waals surface area (Å²) in [4.78, 5) is 0. The molecule has 2 fully saturated rings. The summed E-state index contributed by atoms with van der Waals surface area (Å²) in [5.74, 6) is 0.648. The van der Waals surface area contributed by atoms with E-state index in [1.165, 1.54) is 36.3 Å². The molecule has 2 unspecified atom stereocenters. The molecule has 1 aromatic rings. The Morgan fingerprint density at radius 1 is 1.33 bits per heavy atom. The van der Waals surface area contributed by atoms with Gasteiger partial charge in [0.05, 0.1) is 18.3 Å². The lowest BCUT2D eigenvalue weighted by molar-refractivity contribution is 0.184. The van der Waals surface area contributed by atoms with Gasteiger partial charge in [-0.2, -0.15) is 5.10 Å². The maximum Gasteiger partial charge on any atom is 0.0777 e. The molecule has 2 saturated heterocycles. The molecular formula is C14H23N3O. The number of rotatable bonds is 2. The highest BCUT2D eigenvalue weighted by Crippen LogP contribution is 2.31. The van der Waals surface area contributed by atoms with Crippen molar-refractivity contribution in [3.63, 3.8) is 0 Å². The van der Waals surface area contributed by atoms with Gasteiger partial charge in [-0.25, -0.2) is 0 Å². The Kier molecular flexibility index (Phi) is 3.39. The van der Waals surface area contributed by atoms with Gasteiger partial charge in [-0.1, -0.05) is 0 Å². The Morgan fingerprint density at radius 3 is 2.89 bits per heavy atom. The van der Waals surface area contributed by atoms with E-state index >= 15 is 0 Å².